The first-order valence-corrected chi connectivity index (χ1v) is 14.1. The number of carbonyl (C=O) groups is 4. The topological polar surface area (TPSA) is 133 Å². The highest BCUT2D eigenvalue weighted by Crippen LogP contribution is 2.16. The molecule has 0 radical (unpaired) electrons. The number of ether oxygens (including phenoxy) is 1. The van der Waals surface area contributed by atoms with Gasteiger partial charge in [0.2, 0.25) is 17.7 Å². The molecule has 0 saturated carbocycles. The maximum atomic E-state index is 13.6. The van der Waals surface area contributed by atoms with Gasteiger partial charge in [0.15, 0.2) is 0 Å². The van der Waals surface area contributed by atoms with Gasteiger partial charge in [0.25, 0.3) is 5.91 Å². The van der Waals surface area contributed by atoms with E-state index in [1.165, 1.54) is 11.9 Å². The fraction of sp³-hybridized carbons (Fsp3) is 0.500. The molecule has 2 bridgehead atoms. The van der Waals surface area contributed by atoms with Crippen LogP contribution in [-0.2, 0) is 36.9 Å². The lowest BCUT2D eigenvalue weighted by atomic mass is 10.0. The summed E-state index contributed by atoms with van der Waals surface area (Å²) in [6.45, 7) is 5.25. The number of hydrogen-bond acceptors (Lipinski definition) is 7. The number of carbonyl (C=O) groups excluding carboxylic acids is 4. The van der Waals surface area contributed by atoms with E-state index in [-0.39, 0.29) is 31.3 Å². The van der Waals surface area contributed by atoms with E-state index >= 15 is 0 Å². The van der Waals surface area contributed by atoms with Crippen LogP contribution in [0, 0.1) is 5.92 Å². The number of amides is 4. The molecule has 41 heavy (non-hydrogen) atoms. The number of benzene rings is 1. The molecular formula is C30H40N6O5. The number of rotatable bonds is 6. The molecule has 4 atom stereocenters. The molecule has 11 heteroatoms. The molecule has 11 nitrogen and oxygen atoms in total. The van der Waals surface area contributed by atoms with Crippen molar-refractivity contribution in [2.24, 2.45) is 5.92 Å². The number of likely N-dealkylation sites (N-methyl/N-ethyl adjacent to an activating group) is 1. The molecule has 220 valence electrons. The molecule has 4 amide bonds. The van der Waals surface area contributed by atoms with Crippen molar-refractivity contribution < 1.29 is 23.9 Å². The van der Waals surface area contributed by atoms with Gasteiger partial charge in [-0.2, -0.15) is 0 Å². The highest BCUT2D eigenvalue weighted by molar-refractivity contribution is 5.93. The Morgan fingerprint density at radius 2 is 1.66 bits per heavy atom. The molecule has 1 aromatic heterocycles. The lowest BCUT2D eigenvalue weighted by molar-refractivity contribution is -0.150. The predicted octanol–water partition coefficient (Wildman–Crippen LogP) is 0.498. The summed E-state index contributed by atoms with van der Waals surface area (Å²) in [6.07, 6.45) is 2.80. The van der Waals surface area contributed by atoms with Crippen LogP contribution >= 0.6 is 0 Å². The summed E-state index contributed by atoms with van der Waals surface area (Å²) in [6, 6.07) is 11.6. The molecule has 2 aliphatic heterocycles. The third-order valence-corrected chi connectivity index (χ3v) is 7.21. The fourth-order valence-corrected chi connectivity index (χ4v) is 5.20. The zero-order valence-corrected chi connectivity index (χ0v) is 23.9. The Hall–Kier alpha value is -3.83. The molecule has 1 aromatic carbocycles. The lowest BCUT2D eigenvalue weighted by Crippen LogP contribution is -2.58. The predicted molar refractivity (Wildman–Crippen MR) is 152 cm³/mol. The van der Waals surface area contributed by atoms with Crippen molar-refractivity contribution in [1.29, 1.82) is 0 Å². The summed E-state index contributed by atoms with van der Waals surface area (Å²) in [7, 11) is 1.52. The summed E-state index contributed by atoms with van der Waals surface area (Å²) < 4.78 is 6.20. The molecule has 0 unspecified atom stereocenters. The van der Waals surface area contributed by atoms with Gasteiger partial charge in [-0.15, -0.1) is 0 Å². The van der Waals surface area contributed by atoms with Gasteiger partial charge in [-0.3, -0.25) is 29.1 Å². The van der Waals surface area contributed by atoms with Crippen LogP contribution in [0.1, 0.15) is 31.4 Å². The first-order chi connectivity index (χ1) is 19.7. The Kier molecular flexibility index (Phi) is 10.4. The SMILES string of the molecule is CC(C)C[C@@H]1NC(=O)CN(C)C(=O)[C@@H](Cc2ccccc2)NC(=O)[C@H]2CN(Cc3ccncc3)C[C@@H](CNC1=O)O2. The number of aromatic nitrogens is 1. The minimum atomic E-state index is -0.906. The molecule has 3 heterocycles. The minimum Gasteiger partial charge on any atom is -0.361 e. The van der Waals surface area contributed by atoms with Crippen molar-refractivity contribution >= 4 is 23.6 Å². The first-order valence-electron chi connectivity index (χ1n) is 14.1. The average Bonchev–Trinajstić information content (AvgIpc) is 2.95. The largest absolute Gasteiger partial charge is 0.361 e. The van der Waals surface area contributed by atoms with E-state index in [1.54, 1.807) is 12.4 Å². The van der Waals surface area contributed by atoms with Gasteiger partial charge in [0.05, 0.1) is 12.6 Å². The van der Waals surface area contributed by atoms with E-state index in [0.717, 1.165) is 11.1 Å². The monoisotopic (exact) mass is 564 g/mol. The maximum Gasteiger partial charge on any atom is 0.251 e. The van der Waals surface area contributed by atoms with Gasteiger partial charge >= 0.3 is 0 Å². The van der Waals surface area contributed by atoms with Crippen molar-refractivity contribution in [1.82, 2.24) is 30.7 Å². The molecule has 0 aliphatic carbocycles. The maximum absolute atomic E-state index is 13.6. The molecule has 4 rings (SSSR count). The Bertz CT molecular complexity index is 1190. The van der Waals surface area contributed by atoms with Gasteiger partial charge in [-0.1, -0.05) is 44.2 Å². The molecule has 0 spiro atoms. The van der Waals surface area contributed by atoms with Crippen LogP contribution in [-0.4, -0.2) is 95.9 Å². The van der Waals surface area contributed by atoms with Gasteiger partial charge in [-0.25, -0.2) is 0 Å². The van der Waals surface area contributed by atoms with Crippen LogP contribution in [0.15, 0.2) is 54.9 Å². The zero-order chi connectivity index (χ0) is 29.4. The molecule has 2 saturated heterocycles. The van der Waals surface area contributed by atoms with E-state index in [9.17, 15) is 19.2 Å². The summed E-state index contributed by atoms with van der Waals surface area (Å²) in [5, 5.41) is 8.62. The van der Waals surface area contributed by atoms with Gasteiger partial charge in [-0.05, 0) is 35.6 Å². The van der Waals surface area contributed by atoms with E-state index in [0.29, 0.717) is 26.1 Å². The van der Waals surface area contributed by atoms with Crippen LogP contribution in [0.2, 0.25) is 0 Å². The van der Waals surface area contributed by atoms with Crippen molar-refractivity contribution in [3.8, 4) is 0 Å². The number of pyridine rings is 1. The van der Waals surface area contributed by atoms with Crippen LogP contribution in [0.3, 0.4) is 0 Å². The normalized spacial score (nSPS) is 25.1. The number of nitrogens with zero attached hydrogens (tertiary/aromatic N) is 3. The van der Waals surface area contributed by atoms with Crippen LogP contribution in [0.4, 0.5) is 0 Å². The van der Waals surface area contributed by atoms with E-state index in [1.807, 2.05) is 56.3 Å². The summed E-state index contributed by atoms with van der Waals surface area (Å²) in [4.78, 5) is 60.8. The average molecular weight is 565 g/mol. The molecular weight excluding hydrogens is 524 g/mol. The second-order valence-corrected chi connectivity index (χ2v) is 11.2. The van der Waals surface area contributed by atoms with Gasteiger partial charge in [0.1, 0.15) is 18.2 Å². The lowest BCUT2D eigenvalue weighted by Gasteiger charge is -2.38. The van der Waals surface area contributed by atoms with Gasteiger partial charge < -0.3 is 25.6 Å². The molecule has 2 aliphatic rings. The van der Waals surface area contributed by atoms with E-state index < -0.39 is 42.0 Å². The van der Waals surface area contributed by atoms with Gasteiger partial charge in [0, 0.05) is 52.0 Å². The summed E-state index contributed by atoms with van der Waals surface area (Å²) >= 11 is 0. The van der Waals surface area contributed by atoms with Crippen molar-refractivity contribution in [2.45, 2.75) is 57.5 Å². The third kappa shape index (κ3) is 8.83. The summed E-state index contributed by atoms with van der Waals surface area (Å²) in [5.74, 6) is -1.44. The Labute approximate surface area is 241 Å². The molecule has 3 N–H and O–H groups in total. The third-order valence-electron chi connectivity index (χ3n) is 7.21. The van der Waals surface area contributed by atoms with Crippen molar-refractivity contribution in [3.05, 3.63) is 66.0 Å². The molecule has 2 aromatic rings. The number of fused-ring (bicyclic) bond motifs is 2. The standard InChI is InChI=1S/C30H40N6O5/c1-20(2)13-24-28(38)32-15-23-17-36(16-22-9-11-31-12-10-22)18-26(41-23)29(39)34-25(14-21-7-5-4-6-8-21)30(40)35(3)19-27(37)33-24/h4-12,20,23-26H,13-19H2,1-3H3,(H,32,38)(H,33,37)(H,34,39)/t23-,24+,25-,26-/m1/s1. The Morgan fingerprint density at radius 1 is 0.927 bits per heavy atom. The van der Waals surface area contributed by atoms with Crippen molar-refractivity contribution in [2.75, 3.05) is 33.2 Å². The Balaban J connectivity index is 1.62. The van der Waals surface area contributed by atoms with Crippen molar-refractivity contribution in [3.63, 3.8) is 0 Å². The second-order valence-electron chi connectivity index (χ2n) is 11.2. The first kappa shape index (κ1) is 30.1. The highest BCUT2D eigenvalue weighted by Gasteiger charge is 2.36. The van der Waals surface area contributed by atoms with Crippen LogP contribution in [0.5, 0.6) is 0 Å². The quantitative estimate of drug-likeness (QED) is 0.465. The summed E-state index contributed by atoms with van der Waals surface area (Å²) in [5.41, 5.74) is 1.91. The fourth-order valence-electron chi connectivity index (χ4n) is 5.20. The number of morpholine rings is 1. The minimum absolute atomic E-state index is 0.149. The van der Waals surface area contributed by atoms with Crippen LogP contribution < -0.4 is 16.0 Å². The number of nitrogens with one attached hydrogen (secondary N) is 3. The number of hydrogen-bond donors (Lipinski definition) is 3. The highest BCUT2D eigenvalue weighted by atomic mass is 16.5. The van der Waals surface area contributed by atoms with E-state index in [2.05, 4.69) is 25.8 Å². The zero-order valence-electron chi connectivity index (χ0n) is 23.9. The van der Waals surface area contributed by atoms with Crippen LogP contribution in [0.25, 0.3) is 0 Å². The molecule has 2 fully saturated rings. The Morgan fingerprint density at radius 3 is 2.37 bits per heavy atom. The second kappa shape index (κ2) is 14.2. The van der Waals surface area contributed by atoms with E-state index in [4.69, 9.17) is 4.74 Å². The smallest absolute Gasteiger partial charge is 0.251 e.